The Morgan fingerprint density at radius 1 is 1.21 bits per heavy atom. The quantitative estimate of drug-likeness (QED) is 0.764. The van der Waals surface area contributed by atoms with Crippen LogP contribution in [0.1, 0.15) is 23.2 Å². The van der Waals surface area contributed by atoms with Crippen LogP contribution >= 0.6 is 11.6 Å². The molecule has 4 rings (SSSR count). The predicted molar refractivity (Wildman–Crippen MR) is 106 cm³/mol. The molecule has 1 saturated heterocycles. The van der Waals surface area contributed by atoms with Gasteiger partial charge in [0.15, 0.2) is 0 Å². The summed E-state index contributed by atoms with van der Waals surface area (Å²) in [5.41, 5.74) is 0.931. The minimum Gasteiger partial charge on any atom is -0.351 e. The Morgan fingerprint density at radius 2 is 1.93 bits per heavy atom. The molecule has 2 aliphatic heterocycles. The maximum Gasteiger partial charge on any atom is 0.321 e. The van der Waals surface area contributed by atoms with Crippen molar-refractivity contribution in [2.45, 2.75) is 18.5 Å². The number of fused-ring (bicyclic) bond motifs is 1. The van der Waals surface area contributed by atoms with Gasteiger partial charge in [0, 0.05) is 38.0 Å². The molecule has 0 unspecified atom stereocenters. The molecule has 1 fully saturated rings. The van der Waals surface area contributed by atoms with Gasteiger partial charge in [0.1, 0.15) is 11.5 Å². The highest BCUT2D eigenvalue weighted by atomic mass is 35.5. The van der Waals surface area contributed by atoms with Crippen LogP contribution in [0.3, 0.4) is 0 Å². The SMILES string of the molecule is CN1c2cc(Cl)ccc2C(=O)NC12CCN(C(=O)Nc1ccccc1F)CC2. The molecule has 2 aromatic carbocycles. The number of urea groups is 1. The summed E-state index contributed by atoms with van der Waals surface area (Å²) in [7, 11) is 1.92. The highest BCUT2D eigenvalue weighted by molar-refractivity contribution is 6.31. The van der Waals surface area contributed by atoms with Crippen molar-refractivity contribution in [3.63, 3.8) is 0 Å². The van der Waals surface area contributed by atoms with Crippen molar-refractivity contribution in [3.8, 4) is 0 Å². The van der Waals surface area contributed by atoms with Gasteiger partial charge < -0.3 is 20.4 Å². The number of likely N-dealkylation sites (tertiary alicyclic amines) is 1. The van der Waals surface area contributed by atoms with Gasteiger partial charge >= 0.3 is 6.03 Å². The van der Waals surface area contributed by atoms with Crippen LogP contribution in [0.25, 0.3) is 0 Å². The number of nitrogens with one attached hydrogen (secondary N) is 2. The third kappa shape index (κ3) is 3.16. The Bertz CT molecular complexity index is 944. The summed E-state index contributed by atoms with van der Waals surface area (Å²) >= 11 is 6.12. The molecule has 0 aromatic heterocycles. The lowest BCUT2D eigenvalue weighted by atomic mass is 9.90. The van der Waals surface area contributed by atoms with Gasteiger partial charge in [0.25, 0.3) is 5.91 Å². The van der Waals surface area contributed by atoms with Crippen LogP contribution in [-0.2, 0) is 0 Å². The number of hydrogen-bond donors (Lipinski definition) is 2. The van der Waals surface area contributed by atoms with Gasteiger partial charge in [-0.2, -0.15) is 0 Å². The van der Waals surface area contributed by atoms with Crippen LogP contribution in [0, 0.1) is 5.82 Å². The number of halogens is 2. The summed E-state index contributed by atoms with van der Waals surface area (Å²) < 4.78 is 13.8. The van der Waals surface area contributed by atoms with E-state index in [1.54, 1.807) is 35.2 Å². The Labute approximate surface area is 167 Å². The Hall–Kier alpha value is -2.80. The molecule has 0 saturated carbocycles. The first-order chi connectivity index (χ1) is 13.4. The van der Waals surface area contributed by atoms with Crippen LogP contribution in [0.15, 0.2) is 42.5 Å². The first kappa shape index (κ1) is 18.6. The first-order valence-electron chi connectivity index (χ1n) is 9.06. The molecule has 146 valence electrons. The van der Waals surface area contributed by atoms with Crippen molar-refractivity contribution in [1.29, 1.82) is 0 Å². The van der Waals surface area contributed by atoms with Crippen molar-refractivity contribution in [2.75, 3.05) is 30.4 Å². The maximum atomic E-state index is 13.8. The molecule has 2 aromatic rings. The standard InChI is InChI=1S/C20H20ClFN4O2/c1-25-17-12-13(21)6-7-14(17)18(27)24-20(25)8-10-26(11-9-20)19(28)23-16-5-3-2-4-15(16)22/h2-7,12H,8-11H2,1H3,(H,23,28)(H,24,27). The summed E-state index contributed by atoms with van der Waals surface area (Å²) in [6.45, 7) is 0.863. The number of hydrogen-bond acceptors (Lipinski definition) is 3. The fourth-order valence-electron chi connectivity index (χ4n) is 3.86. The van der Waals surface area contributed by atoms with E-state index in [0.29, 0.717) is 36.5 Å². The van der Waals surface area contributed by atoms with Crippen LogP contribution in [0.5, 0.6) is 0 Å². The average molecular weight is 403 g/mol. The van der Waals surface area contributed by atoms with E-state index in [4.69, 9.17) is 11.6 Å². The molecule has 2 aliphatic rings. The van der Waals surface area contributed by atoms with Gasteiger partial charge in [-0.25, -0.2) is 9.18 Å². The van der Waals surface area contributed by atoms with Gasteiger partial charge in [-0.15, -0.1) is 0 Å². The van der Waals surface area contributed by atoms with E-state index in [9.17, 15) is 14.0 Å². The van der Waals surface area contributed by atoms with E-state index in [0.717, 1.165) is 5.69 Å². The van der Waals surface area contributed by atoms with E-state index in [-0.39, 0.29) is 17.6 Å². The second-order valence-electron chi connectivity index (χ2n) is 7.10. The maximum absolute atomic E-state index is 13.8. The molecule has 0 atom stereocenters. The number of rotatable bonds is 1. The molecule has 1 spiro atoms. The summed E-state index contributed by atoms with van der Waals surface area (Å²) in [5, 5.41) is 6.28. The largest absolute Gasteiger partial charge is 0.351 e. The third-order valence-corrected chi connectivity index (χ3v) is 5.78. The van der Waals surface area contributed by atoms with Crippen LogP contribution in [0.2, 0.25) is 5.02 Å². The minimum atomic E-state index is -0.580. The van der Waals surface area contributed by atoms with Crippen molar-refractivity contribution in [2.24, 2.45) is 0 Å². The molecule has 3 amide bonds. The van der Waals surface area contributed by atoms with E-state index >= 15 is 0 Å². The molecule has 0 bridgehead atoms. The number of amides is 3. The topological polar surface area (TPSA) is 64.7 Å². The lowest BCUT2D eigenvalue weighted by molar-refractivity contribution is 0.0815. The van der Waals surface area contributed by atoms with E-state index in [1.807, 2.05) is 11.9 Å². The Morgan fingerprint density at radius 3 is 2.64 bits per heavy atom. The van der Waals surface area contributed by atoms with Gasteiger partial charge in [-0.1, -0.05) is 23.7 Å². The normalized spacial score (nSPS) is 17.9. The molecule has 6 nitrogen and oxygen atoms in total. The van der Waals surface area contributed by atoms with E-state index in [2.05, 4.69) is 10.6 Å². The van der Waals surface area contributed by atoms with Crippen LogP contribution in [0.4, 0.5) is 20.6 Å². The molecule has 2 heterocycles. The smallest absolute Gasteiger partial charge is 0.321 e. The van der Waals surface area contributed by atoms with Gasteiger partial charge in [-0.3, -0.25) is 4.79 Å². The fourth-order valence-corrected chi connectivity index (χ4v) is 4.03. The molecule has 8 heteroatoms. The van der Waals surface area contributed by atoms with E-state index < -0.39 is 11.5 Å². The number of carbonyl (C=O) groups excluding carboxylic acids is 2. The predicted octanol–water partition coefficient (Wildman–Crippen LogP) is 3.68. The van der Waals surface area contributed by atoms with Crippen LogP contribution in [-0.4, -0.2) is 42.6 Å². The average Bonchev–Trinajstić information content (AvgIpc) is 2.68. The van der Waals surface area contributed by atoms with Crippen molar-refractivity contribution >= 4 is 34.9 Å². The number of piperidine rings is 1. The van der Waals surface area contributed by atoms with E-state index in [1.165, 1.54) is 12.1 Å². The lowest BCUT2D eigenvalue weighted by Crippen LogP contribution is -2.67. The van der Waals surface area contributed by atoms with Gasteiger partial charge in [-0.05, 0) is 30.3 Å². The van der Waals surface area contributed by atoms with Crippen molar-refractivity contribution in [3.05, 3.63) is 58.9 Å². The zero-order valence-corrected chi connectivity index (χ0v) is 16.1. The summed E-state index contributed by atoms with van der Waals surface area (Å²) in [4.78, 5) is 28.8. The number of anilines is 2. The zero-order chi connectivity index (χ0) is 19.9. The molecule has 28 heavy (non-hydrogen) atoms. The molecule has 0 aliphatic carbocycles. The number of nitrogens with zero attached hydrogens (tertiary/aromatic N) is 2. The number of carbonyl (C=O) groups is 2. The van der Waals surface area contributed by atoms with Gasteiger partial charge in [0.05, 0.1) is 16.9 Å². The molecular formula is C20H20ClFN4O2. The molecular weight excluding hydrogens is 383 g/mol. The lowest BCUT2D eigenvalue weighted by Gasteiger charge is -2.51. The minimum absolute atomic E-state index is 0.144. The molecule has 0 radical (unpaired) electrons. The first-order valence-corrected chi connectivity index (χ1v) is 9.44. The summed E-state index contributed by atoms with van der Waals surface area (Å²) in [5.74, 6) is -0.619. The van der Waals surface area contributed by atoms with Crippen molar-refractivity contribution < 1.29 is 14.0 Å². The zero-order valence-electron chi connectivity index (χ0n) is 15.3. The van der Waals surface area contributed by atoms with Gasteiger partial charge in [0.2, 0.25) is 0 Å². The molecule has 2 N–H and O–H groups in total. The Kier molecular flexibility index (Phi) is 4.63. The summed E-state index contributed by atoms with van der Waals surface area (Å²) in [6, 6.07) is 10.9. The highest BCUT2D eigenvalue weighted by Gasteiger charge is 2.44. The monoisotopic (exact) mass is 402 g/mol. The number of para-hydroxylation sites is 1. The van der Waals surface area contributed by atoms with Crippen LogP contribution < -0.4 is 15.5 Å². The third-order valence-electron chi connectivity index (χ3n) is 5.55. The number of benzene rings is 2. The second kappa shape index (κ2) is 6.98. The second-order valence-corrected chi connectivity index (χ2v) is 7.54. The fraction of sp³-hybridized carbons (Fsp3) is 0.300. The summed E-state index contributed by atoms with van der Waals surface area (Å²) in [6.07, 6.45) is 1.10. The highest BCUT2D eigenvalue weighted by Crippen LogP contribution is 2.37. The van der Waals surface area contributed by atoms with Crippen molar-refractivity contribution in [1.82, 2.24) is 10.2 Å². The Balaban J connectivity index is 1.48.